The molecule has 4 heteroatoms. The molecule has 2 aromatic rings. The third-order valence-electron chi connectivity index (χ3n) is 3.00. The number of halogens is 1. The molecular weight excluding hydrogens is 264 g/mol. The van der Waals surface area contributed by atoms with Crippen LogP contribution < -0.4 is 5.73 Å². The lowest BCUT2D eigenvalue weighted by atomic mass is 10.1. The van der Waals surface area contributed by atoms with Crippen LogP contribution in [0.15, 0.2) is 41.8 Å². The summed E-state index contributed by atoms with van der Waals surface area (Å²) in [7, 11) is 2.08. The number of thiophene rings is 1. The Hall–Kier alpha value is -0.870. The molecule has 0 spiro atoms. The van der Waals surface area contributed by atoms with Gasteiger partial charge in [-0.15, -0.1) is 11.3 Å². The Kier molecular flexibility index (Phi) is 4.78. The topological polar surface area (TPSA) is 29.3 Å². The Morgan fingerprint density at radius 2 is 2.06 bits per heavy atom. The van der Waals surface area contributed by atoms with E-state index in [2.05, 4.69) is 29.5 Å². The number of hydrogen-bond acceptors (Lipinski definition) is 3. The molecule has 0 bridgehead atoms. The molecule has 0 aliphatic carbocycles. The van der Waals surface area contributed by atoms with Crippen molar-refractivity contribution in [1.29, 1.82) is 0 Å². The molecule has 0 saturated carbocycles. The van der Waals surface area contributed by atoms with E-state index < -0.39 is 0 Å². The third kappa shape index (κ3) is 3.12. The van der Waals surface area contributed by atoms with E-state index >= 15 is 0 Å². The van der Waals surface area contributed by atoms with Crippen LogP contribution in [0.1, 0.15) is 16.5 Å². The summed E-state index contributed by atoms with van der Waals surface area (Å²) in [6, 6.07) is 12.3. The van der Waals surface area contributed by atoms with Crippen molar-refractivity contribution in [2.75, 3.05) is 13.6 Å². The van der Waals surface area contributed by atoms with Crippen molar-refractivity contribution in [3.8, 4) is 0 Å². The fraction of sp³-hybridized carbons (Fsp3) is 0.286. The quantitative estimate of drug-likeness (QED) is 0.908. The van der Waals surface area contributed by atoms with Crippen molar-refractivity contribution < 1.29 is 0 Å². The van der Waals surface area contributed by atoms with E-state index in [0.29, 0.717) is 6.54 Å². The molecule has 0 aliphatic heterocycles. The number of hydrogen-bond donors (Lipinski definition) is 1. The molecule has 96 valence electrons. The molecule has 0 radical (unpaired) electrons. The minimum atomic E-state index is 0.154. The molecule has 1 aromatic carbocycles. The average Bonchev–Trinajstić information content (AvgIpc) is 2.85. The molecular formula is C14H17ClN2S. The van der Waals surface area contributed by atoms with Crippen LogP contribution in [0.3, 0.4) is 0 Å². The van der Waals surface area contributed by atoms with Gasteiger partial charge in [-0.05, 0) is 30.1 Å². The first-order valence-corrected chi connectivity index (χ1v) is 7.15. The van der Waals surface area contributed by atoms with Gasteiger partial charge in [-0.1, -0.05) is 35.9 Å². The minimum Gasteiger partial charge on any atom is -0.329 e. The number of benzene rings is 1. The molecule has 2 nitrogen and oxygen atoms in total. The van der Waals surface area contributed by atoms with Crippen molar-refractivity contribution in [2.24, 2.45) is 5.73 Å². The zero-order chi connectivity index (χ0) is 13.0. The fourth-order valence-electron chi connectivity index (χ4n) is 2.05. The van der Waals surface area contributed by atoms with Crippen molar-refractivity contribution in [2.45, 2.75) is 12.6 Å². The van der Waals surface area contributed by atoms with Gasteiger partial charge in [0, 0.05) is 29.0 Å². The summed E-state index contributed by atoms with van der Waals surface area (Å²) in [5.41, 5.74) is 7.00. The van der Waals surface area contributed by atoms with Gasteiger partial charge in [-0.3, -0.25) is 4.90 Å². The summed E-state index contributed by atoms with van der Waals surface area (Å²) < 4.78 is 0. The van der Waals surface area contributed by atoms with Crippen molar-refractivity contribution in [3.05, 3.63) is 57.2 Å². The summed E-state index contributed by atoms with van der Waals surface area (Å²) >= 11 is 8.01. The highest BCUT2D eigenvalue weighted by atomic mass is 35.5. The maximum atomic E-state index is 6.24. The summed E-state index contributed by atoms with van der Waals surface area (Å²) in [5, 5.41) is 2.88. The second kappa shape index (κ2) is 6.34. The predicted molar refractivity (Wildman–Crippen MR) is 79.0 cm³/mol. The van der Waals surface area contributed by atoms with Crippen LogP contribution in [0.5, 0.6) is 0 Å². The summed E-state index contributed by atoms with van der Waals surface area (Å²) in [4.78, 5) is 3.58. The van der Waals surface area contributed by atoms with Gasteiger partial charge in [0.25, 0.3) is 0 Å². The second-order valence-electron chi connectivity index (χ2n) is 4.27. The van der Waals surface area contributed by atoms with Crippen LogP contribution in [0.4, 0.5) is 0 Å². The van der Waals surface area contributed by atoms with Crippen molar-refractivity contribution in [1.82, 2.24) is 4.90 Å². The number of nitrogens with zero attached hydrogens (tertiary/aromatic N) is 1. The van der Waals surface area contributed by atoms with Crippen LogP contribution in [0.25, 0.3) is 0 Å². The third-order valence-corrected chi connectivity index (χ3v) is 4.21. The van der Waals surface area contributed by atoms with E-state index in [9.17, 15) is 0 Å². The van der Waals surface area contributed by atoms with E-state index in [-0.39, 0.29) is 6.04 Å². The largest absolute Gasteiger partial charge is 0.329 e. The van der Waals surface area contributed by atoms with Gasteiger partial charge in [0.2, 0.25) is 0 Å². The molecule has 1 heterocycles. The van der Waals surface area contributed by atoms with Gasteiger partial charge in [-0.2, -0.15) is 0 Å². The highest BCUT2D eigenvalue weighted by Crippen LogP contribution is 2.27. The highest BCUT2D eigenvalue weighted by molar-refractivity contribution is 7.09. The van der Waals surface area contributed by atoms with Gasteiger partial charge >= 0.3 is 0 Å². The lowest BCUT2D eigenvalue weighted by Crippen LogP contribution is -2.30. The molecule has 18 heavy (non-hydrogen) atoms. The maximum Gasteiger partial charge on any atom is 0.0486 e. The smallest absolute Gasteiger partial charge is 0.0486 e. The van der Waals surface area contributed by atoms with Gasteiger partial charge < -0.3 is 5.73 Å². The normalized spacial score (nSPS) is 12.9. The van der Waals surface area contributed by atoms with Gasteiger partial charge in [0.1, 0.15) is 0 Å². The minimum absolute atomic E-state index is 0.154. The predicted octanol–water partition coefficient (Wildman–Crippen LogP) is 3.53. The average molecular weight is 281 g/mol. The van der Waals surface area contributed by atoms with E-state index in [1.807, 2.05) is 24.3 Å². The lowest BCUT2D eigenvalue weighted by Gasteiger charge is -2.27. The standard InChI is InChI=1S/C14H17ClN2S/c1-17(10-11-5-4-8-18-11)14(9-16)12-6-2-3-7-13(12)15/h2-8,14H,9-10,16H2,1H3. The van der Waals surface area contributed by atoms with E-state index in [0.717, 1.165) is 17.1 Å². The Labute approximate surface area is 117 Å². The molecule has 1 unspecified atom stereocenters. The summed E-state index contributed by atoms with van der Waals surface area (Å²) in [6.45, 7) is 1.45. The van der Waals surface area contributed by atoms with E-state index in [1.165, 1.54) is 4.88 Å². The Morgan fingerprint density at radius 3 is 2.67 bits per heavy atom. The van der Waals surface area contributed by atoms with Gasteiger partial charge in [-0.25, -0.2) is 0 Å². The van der Waals surface area contributed by atoms with Crippen molar-refractivity contribution in [3.63, 3.8) is 0 Å². The maximum absolute atomic E-state index is 6.24. The lowest BCUT2D eigenvalue weighted by molar-refractivity contribution is 0.244. The van der Waals surface area contributed by atoms with Crippen LogP contribution >= 0.6 is 22.9 Å². The first-order chi connectivity index (χ1) is 8.72. The zero-order valence-corrected chi connectivity index (χ0v) is 11.9. The first kappa shape index (κ1) is 13.6. The zero-order valence-electron chi connectivity index (χ0n) is 10.3. The number of nitrogens with two attached hydrogens (primary N) is 1. The number of rotatable bonds is 5. The molecule has 2 N–H and O–H groups in total. The van der Waals surface area contributed by atoms with Crippen LogP contribution in [-0.4, -0.2) is 18.5 Å². The SMILES string of the molecule is CN(Cc1cccs1)C(CN)c1ccccc1Cl. The fourth-order valence-corrected chi connectivity index (χ4v) is 3.08. The monoisotopic (exact) mass is 280 g/mol. The molecule has 1 atom stereocenters. The van der Waals surface area contributed by atoms with Crippen LogP contribution in [0, 0.1) is 0 Å². The van der Waals surface area contributed by atoms with Gasteiger partial charge in [0.05, 0.1) is 0 Å². The number of likely N-dealkylation sites (N-methyl/N-ethyl adjacent to an activating group) is 1. The molecule has 0 amide bonds. The molecule has 0 saturated heterocycles. The summed E-state index contributed by atoms with van der Waals surface area (Å²) in [5.74, 6) is 0. The molecule has 1 aromatic heterocycles. The molecule has 0 aliphatic rings. The van der Waals surface area contributed by atoms with Gasteiger partial charge in [0.15, 0.2) is 0 Å². The van der Waals surface area contributed by atoms with Crippen LogP contribution in [0.2, 0.25) is 5.02 Å². The van der Waals surface area contributed by atoms with Crippen LogP contribution in [-0.2, 0) is 6.54 Å². The van der Waals surface area contributed by atoms with E-state index in [1.54, 1.807) is 11.3 Å². The highest BCUT2D eigenvalue weighted by Gasteiger charge is 2.18. The first-order valence-electron chi connectivity index (χ1n) is 5.89. The molecule has 2 rings (SSSR count). The summed E-state index contributed by atoms with van der Waals surface area (Å²) in [6.07, 6.45) is 0. The molecule has 0 fully saturated rings. The Bertz CT molecular complexity index is 484. The second-order valence-corrected chi connectivity index (χ2v) is 5.71. The van der Waals surface area contributed by atoms with Crippen molar-refractivity contribution >= 4 is 22.9 Å². The van der Waals surface area contributed by atoms with E-state index in [4.69, 9.17) is 17.3 Å². The Morgan fingerprint density at radius 1 is 1.28 bits per heavy atom. The Balaban J connectivity index is 2.16.